The van der Waals surface area contributed by atoms with Gasteiger partial charge in [0.2, 0.25) is 0 Å². The molecule has 0 aliphatic rings. The Morgan fingerprint density at radius 3 is 2.53 bits per heavy atom. The average Bonchev–Trinajstić information content (AvgIpc) is 2.50. The minimum Gasteiger partial charge on any atom is -0.299 e. The third kappa shape index (κ3) is 4.66. The molecule has 0 aliphatic heterocycles. The highest BCUT2D eigenvalue weighted by Gasteiger charge is 2.11. The normalized spacial score (nSPS) is 13.8. The highest BCUT2D eigenvalue weighted by atomic mass is 79.9. The number of nitrogens with zero attached hydrogens (tertiary/aromatic N) is 1. The van der Waals surface area contributed by atoms with Crippen LogP contribution in [0.1, 0.15) is 32.1 Å². The Hall–Kier alpha value is 0.140. The molecule has 1 nitrogen and oxygen atoms in total. The largest absolute Gasteiger partial charge is 0.299 e. The van der Waals surface area contributed by atoms with Gasteiger partial charge in [-0.05, 0) is 48.3 Å². The molecule has 3 heteroatoms. The molecule has 0 N–H and O–H groups in total. The highest BCUT2D eigenvalue weighted by molar-refractivity contribution is 9.10. The van der Waals surface area contributed by atoms with Crippen molar-refractivity contribution in [3.05, 3.63) is 20.8 Å². The smallest absolute Gasteiger partial charge is 0.0328 e. The van der Waals surface area contributed by atoms with Crippen LogP contribution < -0.4 is 0 Å². The van der Waals surface area contributed by atoms with E-state index >= 15 is 0 Å². The van der Waals surface area contributed by atoms with Crippen molar-refractivity contribution in [2.45, 2.75) is 39.8 Å². The molecule has 86 valence electrons. The summed E-state index contributed by atoms with van der Waals surface area (Å²) in [5.41, 5.74) is 0. The first-order chi connectivity index (χ1) is 6.99. The molecular weight excluding hydrogens is 270 g/mol. The van der Waals surface area contributed by atoms with Crippen LogP contribution in [-0.2, 0) is 6.54 Å². The maximum atomic E-state index is 3.49. The molecule has 0 amide bonds. The Morgan fingerprint density at radius 1 is 1.40 bits per heavy atom. The first-order valence-corrected chi connectivity index (χ1v) is 7.09. The van der Waals surface area contributed by atoms with Gasteiger partial charge in [-0.2, -0.15) is 0 Å². The quantitative estimate of drug-likeness (QED) is 0.778. The Balaban J connectivity index is 2.44. The summed E-state index contributed by atoms with van der Waals surface area (Å²) in [6.07, 6.45) is 1.27. The third-order valence-corrected chi connectivity index (χ3v) is 4.27. The van der Waals surface area contributed by atoms with Crippen LogP contribution in [0.3, 0.4) is 0 Å². The zero-order valence-corrected chi connectivity index (χ0v) is 12.4. The van der Waals surface area contributed by atoms with E-state index in [1.807, 2.05) is 11.3 Å². The standard InChI is InChI=1S/C12H20BrNS/c1-9(2)5-10(3)14(4)7-12-6-11(13)8-15-12/h6,8-10H,5,7H2,1-4H3. The van der Waals surface area contributed by atoms with E-state index in [9.17, 15) is 0 Å². The number of thiophene rings is 1. The van der Waals surface area contributed by atoms with Crippen molar-refractivity contribution in [2.24, 2.45) is 5.92 Å². The van der Waals surface area contributed by atoms with E-state index in [2.05, 4.69) is 60.1 Å². The summed E-state index contributed by atoms with van der Waals surface area (Å²) in [6, 6.07) is 2.87. The van der Waals surface area contributed by atoms with Crippen molar-refractivity contribution in [3.63, 3.8) is 0 Å². The zero-order chi connectivity index (χ0) is 11.4. The molecule has 15 heavy (non-hydrogen) atoms. The molecule has 0 aromatic carbocycles. The van der Waals surface area contributed by atoms with E-state index in [0.29, 0.717) is 6.04 Å². The van der Waals surface area contributed by atoms with Crippen molar-refractivity contribution in [3.8, 4) is 0 Å². The molecule has 1 unspecified atom stereocenters. The molecule has 0 saturated carbocycles. The maximum absolute atomic E-state index is 3.49. The second kappa shape index (κ2) is 6.02. The van der Waals surface area contributed by atoms with Crippen molar-refractivity contribution in [2.75, 3.05) is 7.05 Å². The van der Waals surface area contributed by atoms with E-state index in [-0.39, 0.29) is 0 Å². The first kappa shape index (κ1) is 13.2. The molecule has 0 aliphatic carbocycles. The van der Waals surface area contributed by atoms with Crippen molar-refractivity contribution < 1.29 is 0 Å². The Kier molecular flexibility index (Phi) is 5.30. The van der Waals surface area contributed by atoms with E-state index in [1.165, 1.54) is 15.8 Å². The monoisotopic (exact) mass is 289 g/mol. The van der Waals surface area contributed by atoms with Crippen molar-refractivity contribution in [1.82, 2.24) is 4.90 Å². The van der Waals surface area contributed by atoms with Crippen LogP contribution in [0.4, 0.5) is 0 Å². The lowest BCUT2D eigenvalue weighted by Crippen LogP contribution is -2.29. The molecule has 0 saturated heterocycles. The minimum atomic E-state index is 0.658. The minimum absolute atomic E-state index is 0.658. The van der Waals surface area contributed by atoms with E-state index in [1.54, 1.807) is 0 Å². The van der Waals surface area contributed by atoms with Gasteiger partial charge in [-0.25, -0.2) is 0 Å². The lowest BCUT2D eigenvalue weighted by atomic mass is 10.0. The summed E-state index contributed by atoms with van der Waals surface area (Å²) >= 11 is 5.32. The van der Waals surface area contributed by atoms with Crippen molar-refractivity contribution in [1.29, 1.82) is 0 Å². The molecular formula is C12H20BrNS. The van der Waals surface area contributed by atoms with Crippen LogP contribution in [0.15, 0.2) is 15.9 Å². The SMILES string of the molecule is CC(C)CC(C)N(C)Cc1cc(Br)cs1. The third-order valence-electron chi connectivity index (χ3n) is 2.59. The number of hydrogen-bond donors (Lipinski definition) is 0. The Bertz CT molecular complexity index is 296. The van der Waals surface area contributed by atoms with Crippen molar-refractivity contribution >= 4 is 27.3 Å². The fraction of sp³-hybridized carbons (Fsp3) is 0.667. The molecule has 1 aromatic heterocycles. The summed E-state index contributed by atoms with van der Waals surface area (Å²) in [5.74, 6) is 0.775. The lowest BCUT2D eigenvalue weighted by molar-refractivity contribution is 0.222. The highest BCUT2D eigenvalue weighted by Crippen LogP contribution is 2.22. The Morgan fingerprint density at radius 2 is 2.07 bits per heavy atom. The van der Waals surface area contributed by atoms with Crippen LogP contribution in [0, 0.1) is 5.92 Å². The van der Waals surface area contributed by atoms with Crippen LogP contribution in [0.2, 0.25) is 0 Å². The van der Waals surface area contributed by atoms with Gasteiger partial charge in [-0.15, -0.1) is 11.3 Å². The van der Waals surface area contributed by atoms with Gasteiger partial charge in [0.05, 0.1) is 0 Å². The average molecular weight is 290 g/mol. The second-order valence-corrected chi connectivity index (χ2v) is 6.54. The van der Waals surface area contributed by atoms with Gasteiger partial charge in [-0.1, -0.05) is 13.8 Å². The molecule has 0 bridgehead atoms. The molecule has 1 heterocycles. The first-order valence-electron chi connectivity index (χ1n) is 5.42. The summed E-state index contributed by atoms with van der Waals surface area (Å²) in [4.78, 5) is 3.86. The van der Waals surface area contributed by atoms with Crippen LogP contribution >= 0.6 is 27.3 Å². The van der Waals surface area contributed by atoms with E-state index < -0.39 is 0 Å². The zero-order valence-electron chi connectivity index (χ0n) is 9.96. The van der Waals surface area contributed by atoms with Gasteiger partial charge in [0.15, 0.2) is 0 Å². The van der Waals surface area contributed by atoms with Gasteiger partial charge in [0.1, 0.15) is 0 Å². The van der Waals surface area contributed by atoms with Crippen LogP contribution in [0.25, 0.3) is 0 Å². The van der Waals surface area contributed by atoms with Gasteiger partial charge in [0.25, 0.3) is 0 Å². The topological polar surface area (TPSA) is 3.24 Å². The fourth-order valence-corrected chi connectivity index (χ4v) is 3.21. The van der Waals surface area contributed by atoms with Crippen LogP contribution in [0.5, 0.6) is 0 Å². The van der Waals surface area contributed by atoms with Crippen LogP contribution in [-0.4, -0.2) is 18.0 Å². The number of hydrogen-bond acceptors (Lipinski definition) is 2. The molecule has 1 aromatic rings. The van der Waals surface area contributed by atoms with Gasteiger partial charge < -0.3 is 0 Å². The van der Waals surface area contributed by atoms with Gasteiger partial charge >= 0.3 is 0 Å². The number of halogens is 1. The number of rotatable bonds is 5. The van der Waals surface area contributed by atoms with Gasteiger partial charge in [0, 0.05) is 27.3 Å². The predicted octanol–water partition coefficient (Wildman–Crippen LogP) is 4.38. The summed E-state index contributed by atoms with van der Waals surface area (Å²) in [5, 5.41) is 2.15. The van der Waals surface area contributed by atoms with Gasteiger partial charge in [-0.3, -0.25) is 4.90 Å². The Labute approximate surface area is 106 Å². The molecule has 1 atom stereocenters. The molecule has 1 rings (SSSR count). The molecule has 0 fully saturated rings. The maximum Gasteiger partial charge on any atom is 0.0328 e. The molecule has 0 radical (unpaired) electrons. The summed E-state index contributed by atoms with van der Waals surface area (Å²) < 4.78 is 1.20. The summed E-state index contributed by atoms with van der Waals surface area (Å²) in [7, 11) is 2.21. The fourth-order valence-electron chi connectivity index (χ4n) is 1.70. The van der Waals surface area contributed by atoms with E-state index in [0.717, 1.165) is 12.5 Å². The predicted molar refractivity (Wildman–Crippen MR) is 72.4 cm³/mol. The van der Waals surface area contributed by atoms with E-state index in [4.69, 9.17) is 0 Å². The lowest BCUT2D eigenvalue weighted by Gasteiger charge is -2.25. The molecule has 0 spiro atoms. The summed E-state index contributed by atoms with van der Waals surface area (Å²) in [6.45, 7) is 7.94. The second-order valence-electron chi connectivity index (χ2n) is 4.62.